The van der Waals surface area contributed by atoms with Crippen molar-refractivity contribution in [1.29, 1.82) is 5.26 Å². The van der Waals surface area contributed by atoms with Crippen LogP contribution in [-0.2, 0) is 6.54 Å². The second-order valence-electron chi connectivity index (χ2n) is 11.3. The number of β-amino-alcohol motifs (C(OH)–C–C–N with tert-alkyl or cyclic N) is 1. The van der Waals surface area contributed by atoms with Gasteiger partial charge in [0, 0.05) is 37.2 Å². The van der Waals surface area contributed by atoms with E-state index in [0.717, 1.165) is 49.4 Å². The average Bonchev–Trinajstić information content (AvgIpc) is 3.27. The van der Waals surface area contributed by atoms with Gasteiger partial charge in [-0.25, -0.2) is 4.98 Å². The van der Waals surface area contributed by atoms with E-state index in [1.807, 2.05) is 24.3 Å². The van der Waals surface area contributed by atoms with Gasteiger partial charge in [-0.15, -0.1) is 0 Å². The topological polar surface area (TPSA) is 97.1 Å². The summed E-state index contributed by atoms with van der Waals surface area (Å²) in [4.78, 5) is 11.6. The molecule has 5 fully saturated rings. The number of nitrogens with one attached hydrogen (secondary N) is 2. The molecule has 8 heteroatoms. The number of aliphatic hydroxyl groups excluding tert-OH is 1. The van der Waals surface area contributed by atoms with Gasteiger partial charge in [0.25, 0.3) is 0 Å². The second-order valence-corrected chi connectivity index (χ2v) is 11.7. The van der Waals surface area contributed by atoms with Gasteiger partial charge in [0.05, 0.1) is 12.3 Å². The molecule has 35 heavy (non-hydrogen) atoms. The molecule has 0 amide bonds. The summed E-state index contributed by atoms with van der Waals surface area (Å²) in [6, 6.07) is 10.6. The Hall–Kier alpha value is -2.40. The number of halogens is 1. The van der Waals surface area contributed by atoms with Crippen molar-refractivity contribution < 1.29 is 5.11 Å². The van der Waals surface area contributed by atoms with Crippen molar-refractivity contribution in [3.63, 3.8) is 0 Å². The van der Waals surface area contributed by atoms with E-state index in [1.54, 1.807) is 6.20 Å². The number of aliphatic hydroxyl groups is 1. The molecule has 1 unspecified atom stereocenters. The van der Waals surface area contributed by atoms with Crippen LogP contribution in [0.25, 0.3) is 0 Å². The Bertz CT molecular complexity index is 1120. The fraction of sp³-hybridized carbons (Fsp3) is 0.593. The second kappa shape index (κ2) is 9.24. The number of benzene rings is 1. The highest BCUT2D eigenvalue weighted by atomic mass is 35.5. The number of nitrogens with zero attached hydrogens (tertiary/aromatic N) is 4. The summed E-state index contributed by atoms with van der Waals surface area (Å²) in [7, 11) is 0. The molecule has 5 aliphatic rings. The number of likely N-dealkylation sites (tertiary alicyclic amines) is 1. The van der Waals surface area contributed by atoms with E-state index in [-0.39, 0.29) is 11.5 Å². The number of hydrogen-bond donors (Lipinski definition) is 3. The lowest BCUT2D eigenvalue weighted by atomic mass is 9.47. The van der Waals surface area contributed by atoms with Crippen molar-refractivity contribution in [2.75, 3.05) is 30.3 Å². The van der Waals surface area contributed by atoms with E-state index < -0.39 is 0 Å². The van der Waals surface area contributed by atoms with Crippen LogP contribution in [0.4, 0.5) is 11.8 Å². The quantitative estimate of drug-likeness (QED) is 0.530. The molecule has 7 rings (SSSR count). The first kappa shape index (κ1) is 23.0. The molecule has 1 aliphatic heterocycles. The molecule has 4 saturated carbocycles. The third-order valence-corrected chi connectivity index (χ3v) is 9.27. The number of hydrogen-bond acceptors (Lipinski definition) is 7. The van der Waals surface area contributed by atoms with Crippen molar-refractivity contribution >= 4 is 23.4 Å². The zero-order valence-corrected chi connectivity index (χ0v) is 20.7. The molecule has 3 atom stereocenters. The minimum atomic E-state index is -0.147. The first-order chi connectivity index (χ1) is 17.0. The first-order valence-corrected chi connectivity index (χ1v) is 13.3. The van der Waals surface area contributed by atoms with E-state index in [2.05, 4.69) is 31.6 Å². The van der Waals surface area contributed by atoms with Crippen LogP contribution < -0.4 is 10.6 Å². The molecule has 4 aliphatic carbocycles. The van der Waals surface area contributed by atoms with Gasteiger partial charge in [-0.1, -0.05) is 29.8 Å². The Morgan fingerprint density at radius 3 is 2.69 bits per heavy atom. The molecule has 1 aromatic carbocycles. The van der Waals surface area contributed by atoms with Crippen molar-refractivity contribution in [3.8, 4) is 6.07 Å². The van der Waals surface area contributed by atoms with Gasteiger partial charge in [-0.05, 0) is 73.3 Å². The van der Waals surface area contributed by atoms with Gasteiger partial charge in [0.2, 0.25) is 5.95 Å². The van der Waals surface area contributed by atoms with Crippen LogP contribution in [0.15, 0.2) is 30.5 Å². The molecule has 0 radical (unpaired) electrons. The maximum Gasteiger partial charge on any atom is 0.224 e. The SMILES string of the molecule is N#Cc1cnc(NCc2ccccc2Cl)nc1NCC12CC3C[C@@H](C1)C(N1CCC(O)C1)[C@@H](C3)C2. The highest BCUT2D eigenvalue weighted by Gasteiger charge is 2.56. The molecule has 3 N–H and O–H groups in total. The van der Waals surface area contributed by atoms with Crippen molar-refractivity contribution in [1.82, 2.24) is 14.9 Å². The predicted molar refractivity (Wildman–Crippen MR) is 136 cm³/mol. The fourth-order valence-electron chi connectivity index (χ4n) is 7.79. The highest BCUT2D eigenvalue weighted by Crippen LogP contribution is 2.61. The maximum absolute atomic E-state index is 10.1. The lowest BCUT2D eigenvalue weighted by Crippen LogP contribution is -2.60. The minimum absolute atomic E-state index is 0.147. The van der Waals surface area contributed by atoms with Gasteiger partial charge < -0.3 is 15.7 Å². The van der Waals surface area contributed by atoms with Crippen LogP contribution >= 0.6 is 11.6 Å². The Balaban J connectivity index is 1.14. The normalized spacial score (nSPS) is 33.6. The largest absolute Gasteiger partial charge is 0.392 e. The van der Waals surface area contributed by atoms with E-state index in [9.17, 15) is 10.4 Å². The maximum atomic E-state index is 10.1. The Labute approximate surface area is 211 Å². The Morgan fingerprint density at radius 2 is 1.97 bits per heavy atom. The van der Waals surface area contributed by atoms with Gasteiger partial charge >= 0.3 is 0 Å². The first-order valence-electron chi connectivity index (χ1n) is 12.9. The summed E-state index contributed by atoms with van der Waals surface area (Å²) in [6.45, 7) is 3.27. The van der Waals surface area contributed by atoms with E-state index in [1.165, 1.54) is 32.1 Å². The summed E-state index contributed by atoms with van der Waals surface area (Å²) >= 11 is 6.28. The van der Waals surface area contributed by atoms with E-state index in [0.29, 0.717) is 34.9 Å². The molecular formula is C27H33ClN6O. The summed E-state index contributed by atoms with van der Waals surface area (Å²) < 4.78 is 0. The molecule has 1 aromatic heterocycles. The Morgan fingerprint density at radius 1 is 1.17 bits per heavy atom. The standard InChI is InChI=1S/C27H33ClN6O/c28-23-4-2-1-3-18(23)13-30-26-31-14-21(12-29)25(33-26)32-16-27-9-17-7-19(10-27)24(20(8-17)11-27)34-6-5-22(35)15-34/h1-4,14,17,19-20,22,24,35H,5-11,13,15-16H2,(H2,30,31,32,33)/t17?,19-,20-,22?,24?,27?/m0/s1. The van der Waals surface area contributed by atoms with E-state index in [4.69, 9.17) is 11.6 Å². The van der Waals surface area contributed by atoms with Gasteiger partial charge in [-0.3, -0.25) is 4.90 Å². The fourth-order valence-corrected chi connectivity index (χ4v) is 7.99. The molecule has 2 aromatic rings. The smallest absolute Gasteiger partial charge is 0.224 e. The van der Waals surface area contributed by atoms with Crippen LogP contribution in [0.3, 0.4) is 0 Å². The van der Waals surface area contributed by atoms with Crippen LogP contribution in [-0.4, -0.2) is 51.8 Å². The predicted octanol–water partition coefficient (Wildman–Crippen LogP) is 4.29. The number of anilines is 2. The summed E-state index contributed by atoms with van der Waals surface area (Å²) in [5.74, 6) is 3.36. The monoisotopic (exact) mass is 492 g/mol. The third kappa shape index (κ3) is 4.48. The lowest BCUT2D eigenvalue weighted by molar-refractivity contribution is -0.103. The van der Waals surface area contributed by atoms with Crippen LogP contribution in [0.2, 0.25) is 5.02 Å². The third-order valence-electron chi connectivity index (χ3n) is 8.90. The molecule has 184 valence electrons. The van der Waals surface area contributed by atoms with Gasteiger partial charge in [-0.2, -0.15) is 10.2 Å². The number of aromatic nitrogens is 2. The molecule has 7 nitrogen and oxygen atoms in total. The van der Waals surface area contributed by atoms with Crippen molar-refractivity contribution in [3.05, 3.63) is 46.6 Å². The zero-order valence-electron chi connectivity index (χ0n) is 20.0. The summed E-state index contributed by atoms with van der Waals surface area (Å²) in [5.41, 5.74) is 1.72. The summed E-state index contributed by atoms with van der Waals surface area (Å²) in [5, 5.41) is 27.3. The molecule has 0 spiro atoms. The summed E-state index contributed by atoms with van der Waals surface area (Å²) in [6.07, 6.45) is 8.77. The van der Waals surface area contributed by atoms with Crippen LogP contribution in [0.1, 0.15) is 49.7 Å². The molecule has 2 heterocycles. The number of rotatable bonds is 7. The minimum Gasteiger partial charge on any atom is -0.392 e. The van der Waals surface area contributed by atoms with Crippen molar-refractivity contribution in [2.24, 2.45) is 23.2 Å². The average molecular weight is 493 g/mol. The van der Waals surface area contributed by atoms with Crippen molar-refractivity contribution in [2.45, 2.75) is 57.2 Å². The van der Waals surface area contributed by atoms with Gasteiger partial charge in [0.15, 0.2) is 0 Å². The molecule has 4 bridgehead atoms. The molecular weight excluding hydrogens is 460 g/mol. The number of nitriles is 1. The highest BCUT2D eigenvalue weighted by molar-refractivity contribution is 6.31. The Kier molecular flexibility index (Phi) is 6.08. The van der Waals surface area contributed by atoms with E-state index >= 15 is 0 Å². The molecule has 1 saturated heterocycles. The van der Waals surface area contributed by atoms with Crippen LogP contribution in [0, 0.1) is 34.5 Å². The van der Waals surface area contributed by atoms with Crippen LogP contribution in [0.5, 0.6) is 0 Å². The van der Waals surface area contributed by atoms with Gasteiger partial charge in [0.1, 0.15) is 17.5 Å². The lowest BCUT2D eigenvalue weighted by Gasteiger charge is -2.62. The zero-order chi connectivity index (χ0) is 24.0.